The lowest BCUT2D eigenvalue weighted by molar-refractivity contribution is 0.240. The van der Waals surface area contributed by atoms with Gasteiger partial charge in [-0.15, -0.1) is 0 Å². The first-order chi connectivity index (χ1) is 8.26. The fourth-order valence-electron chi connectivity index (χ4n) is 1.35. The van der Waals surface area contributed by atoms with Crippen molar-refractivity contribution in [2.75, 3.05) is 18.9 Å². The van der Waals surface area contributed by atoms with E-state index in [0.717, 1.165) is 35.9 Å². The normalized spacial score (nSPS) is 12.6. The molecule has 1 heterocycles. The summed E-state index contributed by atoms with van der Waals surface area (Å²) in [5.74, 6) is 0.922. The highest BCUT2D eigenvalue weighted by atomic mass is 32.2. The van der Waals surface area contributed by atoms with E-state index in [4.69, 9.17) is 0 Å². The second-order valence-electron chi connectivity index (χ2n) is 4.01. The van der Waals surface area contributed by atoms with Gasteiger partial charge in [-0.05, 0) is 31.9 Å². The van der Waals surface area contributed by atoms with Crippen LogP contribution in [0.3, 0.4) is 0 Å². The van der Waals surface area contributed by atoms with Gasteiger partial charge in [-0.3, -0.25) is 0 Å². The highest BCUT2D eigenvalue weighted by molar-refractivity contribution is 7.99. The van der Waals surface area contributed by atoms with Gasteiger partial charge in [0.05, 0.1) is 6.61 Å². The molecule has 0 bridgehead atoms. The minimum Gasteiger partial charge on any atom is -0.395 e. The molecule has 1 aromatic rings. The number of rotatable bonds is 8. The van der Waals surface area contributed by atoms with Gasteiger partial charge in [-0.2, -0.15) is 0 Å². The van der Waals surface area contributed by atoms with E-state index in [1.807, 2.05) is 19.3 Å². The quantitative estimate of drug-likeness (QED) is 0.546. The number of hydrogen-bond donors (Lipinski definition) is 2. The lowest BCUT2D eigenvalue weighted by atomic mass is 10.2. The van der Waals surface area contributed by atoms with Crippen molar-refractivity contribution in [1.82, 2.24) is 15.3 Å². The molecule has 1 aromatic heterocycles. The van der Waals surface area contributed by atoms with Crippen LogP contribution in [0.25, 0.3) is 0 Å². The molecule has 0 aliphatic rings. The third-order valence-corrected chi connectivity index (χ3v) is 3.27. The minimum absolute atomic E-state index is 0.188. The summed E-state index contributed by atoms with van der Waals surface area (Å²) in [6, 6.07) is 0.188. The number of aromatic nitrogens is 2. The van der Waals surface area contributed by atoms with Crippen molar-refractivity contribution in [3.05, 3.63) is 18.0 Å². The van der Waals surface area contributed by atoms with Gasteiger partial charge in [0.15, 0.2) is 5.16 Å². The molecule has 17 heavy (non-hydrogen) atoms. The number of aliphatic hydroxyl groups excluding tert-OH is 1. The Morgan fingerprint density at radius 3 is 2.71 bits per heavy atom. The maximum absolute atomic E-state index is 9.18. The Balaban J connectivity index is 2.23. The average molecular weight is 255 g/mol. The summed E-state index contributed by atoms with van der Waals surface area (Å²) >= 11 is 1.63. The first kappa shape index (κ1) is 14.4. The van der Waals surface area contributed by atoms with Crippen LogP contribution in [0.5, 0.6) is 0 Å². The van der Waals surface area contributed by atoms with Crippen molar-refractivity contribution in [3.8, 4) is 0 Å². The lowest BCUT2D eigenvalue weighted by Crippen LogP contribution is -2.33. The van der Waals surface area contributed by atoms with Crippen LogP contribution >= 0.6 is 11.8 Å². The van der Waals surface area contributed by atoms with Gasteiger partial charge in [0.25, 0.3) is 0 Å². The Bertz CT molecular complexity index is 305. The van der Waals surface area contributed by atoms with Crippen LogP contribution in [0.15, 0.2) is 17.6 Å². The molecule has 0 saturated carbocycles. The summed E-state index contributed by atoms with van der Waals surface area (Å²) < 4.78 is 0. The maximum Gasteiger partial charge on any atom is 0.187 e. The smallest absolute Gasteiger partial charge is 0.187 e. The van der Waals surface area contributed by atoms with Crippen molar-refractivity contribution in [3.63, 3.8) is 0 Å². The van der Waals surface area contributed by atoms with E-state index in [0.29, 0.717) is 0 Å². The van der Waals surface area contributed by atoms with Crippen molar-refractivity contribution in [2.24, 2.45) is 0 Å². The van der Waals surface area contributed by atoms with E-state index in [2.05, 4.69) is 22.2 Å². The number of nitrogens with one attached hydrogen (secondary N) is 1. The SMILES string of the molecule is CCCNC(CO)CCSc1ncc(C)cn1. The van der Waals surface area contributed by atoms with Gasteiger partial charge < -0.3 is 10.4 Å². The van der Waals surface area contributed by atoms with Gasteiger partial charge in [0.1, 0.15) is 0 Å². The van der Waals surface area contributed by atoms with Gasteiger partial charge in [-0.1, -0.05) is 18.7 Å². The molecule has 5 heteroatoms. The predicted octanol–water partition coefficient (Wildman–Crippen LogP) is 1.63. The molecular weight excluding hydrogens is 234 g/mol. The van der Waals surface area contributed by atoms with E-state index in [1.165, 1.54) is 0 Å². The molecule has 96 valence electrons. The standard InChI is InChI=1S/C12H21N3OS/c1-3-5-13-11(9-16)4-6-17-12-14-7-10(2)8-15-12/h7-8,11,13,16H,3-6,9H2,1-2H3. The Hall–Kier alpha value is -0.650. The van der Waals surface area contributed by atoms with Crippen LogP contribution < -0.4 is 5.32 Å². The zero-order valence-electron chi connectivity index (χ0n) is 10.5. The molecular formula is C12H21N3OS. The molecule has 0 aliphatic carbocycles. The van der Waals surface area contributed by atoms with E-state index in [1.54, 1.807) is 11.8 Å². The largest absolute Gasteiger partial charge is 0.395 e. The van der Waals surface area contributed by atoms with Gasteiger partial charge in [-0.25, -0.2) is 9.97 Å². The molecule has 1 atom stereocenters. The summed E-state index contributed by atoms with van der Waals surface area (Å²) in [7, 11) is 0. The predicted molar refractivity (Wildman–Crippen MR) is 71.3 cm³/mol. The topological polar surface area (TPSA) is 58.0 Å². The zero-order valence-corrected chi connectivity index (χ0v) is 11.3. The number of nitrogens with zero attached hydrogens (tertiary/aromatic N) is 2. The zero-order chi connectivity index (χ0) is 12.5. The van der Waals surface area contributed by atoms with Crippen LogP contribution in [0.1, 0.15) is 25.3 Å². The molecule has 0 spiro atoms. The van der Waals surface area contributed by atoms with Crippen LogP contribution in [0.2, 0.25) is 0 Å². The molecule has 0 aromatic carbocycles. The molecule has 0 fully saturated rings. The maximum atomic E-state index is 9.18. The molecule has 1 unspecified atom stereocenters. The van der Waals surface area contributed by atoms with E-state index in [9.17, 15) is 5.11 Å². The molecule has 0 saturated heterocycles. The van der Waals surface area contributed by atoms with E-state index < -0.39 is 0 Å². The number of thioether (sulfide) groups is 1. The summed E-state index contributed by atoms with van der Waals surface area (Å²) in [5, 5.41) is 13.3. The summed E-state index contributed by atoms with van der Waals surface area (Å²) in [5.41, 5.74) is 1.08. The lowest BCUT2D eigenvalue weighted by Gasteiger charge is -2.14. The van der Waals surface area contributed by atoms with E-state index >= 15 is 0 Å². The highest BCUT2D eigenvalue weighted by Crippen LogP contribution is 2.13. The molecule has 0 radical (unpaired) electrons. The number of aryl methyl sites for hydroxylation is 1. The highest BCUT2D eigenvalue weighted by Gasteiger charge is 2.06. The molecule has 0 amide bonds. The monoisotopic (exact) mass is 255 g/mol. The van der Waals surface area contributed by atoms with Crippen molar-refractivity contribution >= 4 is 11.8 Å². The van der Waals surface area contributed by atoms with Crippen molar-refractivity contribution in [1.29, 1.82) is 0 Å². The Kier molecular flexibility index (Phi) is 7.16. The summed E-state index contributed by atoms with van der Waals surface area (Å²) in [4.78, 5) is 8.46. The molecule has 4 nitrogen and oxygen atoms in total. The third kappa shape index (κ3) is 6.00. The van der Waals surface area contributed by atoms with Gasteiger partial charge >= 0.3 is 0 Å². The second kappa shape index (κ2) is 8.44. The van der Waals surface area contributed by atoms with Crippen LogP contribution in [-0.4, -0.2) is 40.0 Å². The molecule has 2 N–H and O–H groups in total. The minimum atomic E-state index is 0.188. The van der Waals surface area contributed by atoms with Gasteiger partial charge in [0.2, 0.25) is 0 Å². The average Bonchev–Trinajstić information content (AvgIpc) is 2.36. The number of hydrogen-bond acceptors (Lipinski definition) is 5. The fraction of sp³-hybridized carbons (Fsp3) is 0.667. The molecule has 0 aliphatic heterocycles. The van der Waals surface area contributed by atoms with Crippen LogP contribution in [0.4, 0.5) is 0 Å². The van der Waals surface area contributed by atoms with Crippen molar-refractivity contribution in [2.45, 2.75) is 37.9 Å². The van der Waals surface area contributed by atoms with Crippen LogP contribution in [0, 0.1) is 6.92 Å². The van der Waals surface area contributed by atoms with Crippen molar-refractivity contribution < 1.29 is 5.11 Å². The summed E-state index contributed by atoms with van der Waals surface area (Å²) in [6.07, 6.45) is 5.67. The Morgan fingerprint density at radius 2 is 2.12 bits per heavy atom. The Morgan fingerprint density at radius 1 is 1.41 bits per heavy atom. The number of aliphatic hydroxyl groups is 1. The first-order valence-corrected chi connectivity index (χ1v) is 7.00. The van der Waals surface area contributed by atoms with Gasteiger partial charge in [0, 0.05) is 24.2 Å². The second-order valence-corrected chi connectivity index (χ2v) is 5.08. The third-order valence-electron chi connectivity index (χ3n) is 2.36. The Labute approximate surface area is 107 Å². The summed E-state index contributed by atoms with van der Waals surface area (Å²) in [6.45, 7) is 5.24. The van der Waals surface area contributed by atoms with E-state index in [-0.39, 0.29) is 12.6 Å². The van der Waals surface area contributed by atoms with Crippen LogP contribution in [-0.2, 0) is 0 Å². The fourth-order valence-corrected chi connectivity index (χ4v) is 2.19. The first-order valence-electron chi connectivity index (χ1n) is 6.02. The molecule has 1 rings (SSSR count).